The minimum Gasteiger partial charge on any atom is -0.354 e. The molecule has 33 heavy (non-hydrogen) atoms. The lowest BCUT2D eigenvalue weighted by Gasteiger charge is -2.36. The van der Waals surface area contributed by atoms with Crippen molar-refractivity contribution in [2.75, 3.05) is 32.1 Å². The molecule has 0 unspecified atom stereocenters. The van der Waals surface area contributed by atoms with Crippen LogP contribution in [0.4, 0.5) is 19.0 Å². The van der Waals surface area contributed by atoms with Gasteiger partial charge in [-0.1, -0.05) is 0 Å². The van der Waals surface area contributed by atoms with Gasteiger partial charge in [-0.05, 0) is 24.1 Å². The second-order valence-corrected chi connectivity index (χ2v) is 8.25. The molecule has 1 aromatic heterocycles. The SMILES string of the molecule is CN(C)C(=O)c1cc(N2CC[C@H](C(=O)N3N=CC[C@H]3c3cc(F)cc(F)c3)[C@H](F)C2)ncn1. The van der Waals surface area contributed by atoms with Crippen LogP contribution in [-0.4, -0.2) is 71.3 Å². The second-order valence-electron chi connectivity index (χ2n) is 8.25. The zero-order valence-corrected chi connectivity index (χ0v) is 18.2. The highest BCUT2D eigenvalue weighted by Gasteiger charge is 2.40. The van der Waals surface area contributed by atoms with Crippen molar-refractivity contribution in [1.82, 2.24) is 19.9 Å². The van der Waals surface area contributed by atoms with Crippen molar-refractivity contribution in [2.45, 2.75) is 25.1 Å². The van der Waals surface area contributed by atoms with E-state index in [0.29, 0.717) is 12.4 Å². The van der Waals surface area contributed by atoms with Crippen LogP contribution in [0.3, 0.4) is 0 Å². The lowest BCUT2D eigenvalue weighted by atomic mass is 9.92. The van der Waals surface area contributed by atoms with E-state index in [-0.39, 0.29) is 36.6 Å². The number of benzene rings is 1. The Balaban J connectivity index is 1.47. The summed E-state index contributed by atoms with van der Waals surface area (Å²) in [6, 6.07) is 3.87. The first-order chi connectivity index (χ1) is 15.7. The van der Waals surface area contributed by atoms with Gasteiger partial charge in [-0.25, -0.2) is 28.1 Å². The van der Waals surface area contributed by atoms with E-state index in [2.05, 4.69) is 15.1 Å². The number of amides is 2. The quantitative estimate of drug-likeness (QED) is 0.701. The van der Waals surface area contributed by atoms with E-state index in [1.165, 1.54) is 23.5 Å². The van der Waals surface area contributed by atoms with Crippen LogP contribution in [0.15, 0.2) is 35.7 Å². The van der Waals surface area contributed by atoms with Gasteiger partial charge in [-0.15, -0.1) is 0 Å². The topological polar surface area (TPSA) is 82.0 Å². The number of hydrogen-bond donors (Lipinski definition) is 0. The molecule has 0 bridgehead atoms. The second kappa shape index (κ2) is 9.16. The van der Waals surface area contributed by atoms with Crippen molar-refractivity contribution in [3.05, 3.63) is 53.5 Å². The molecule has 2 aliphatic heterocycles. The Kier molecular flexibility index (Phi) is 6.30. The molecule has 4 rings (SSSR count). The number of nitrogens with zero attached hydrogens (tertiary/aromatic N) is 6. The van der Waals surface area contributed by atoms with Crippen LogP contribution in [0.1, 0.15) is 34.9 Å². The molecule has 0 N–H and O–H groups in total. The summed E-state index contributed by atoms with van der Waals surface area (Å²) in [4.78, 5) is 36.4. The summed E-state index contributed by atoms with van der Waals surface area (Å²) in [5.41, 5.74) is 0.459. The average molecular weight is 460 g/mol. The first-order valence-electron chi connectivity index (χ1n) is 10.5. The molecule has 8 nitrogen and oxygen atoms in total. The first kappa shape index (κ1) is 22.7. The highest BCUT2D eigenvalue weighted by molar-refractivity contribution is 5.92. The first-order valence-corrected chi connectivity index (χ1v) is 10.5. The lowest BCUT2D eigenvalue weighted by Crippen LogP contribution is -2.48. The molecule has 174 valence electrons. The maximum Gasteiger partial charge on any atom is 0.272 e. The van der Waals surface area contributed by atoms with Crippen molar-refractivity contribution in [1.29, 1.82) is 0 Å². The van der Waals surface area contributed by atoms with Crippen molar-refractivity contribution in [2.24, 2.45) is 11.0 Å². The summed E-state index contributed by atoms with van der Waals surface area (Å²) >= 11 is 0. The van der Waals surface area contributed by atoms with Gasteiger partial charge in [0, 0.05) is 45.4 Å². The molecule has 2 aliphatic rings. The molecule has 11 heteroatoms. The molecule has 2 amide bonds. The van der Waals surface area contributed by atoms with Gasteiger partial charge in [-0.2, -0.15) is 5.10 Å². The highest BCUT2D eigenvalue weighted by atomic mass is 19.1. The minimum absolute atomic E-state index is 0.0974. The maximum atomic E-state index is 15.2. The fraction of sp³-hybridized carbons (Fsp3) is 0.409. The summed E-state index contributed by atoms with van der Waals surface area (Å²) in [6.07, 6.45) is 1.69. The van der Waals surface area contributed by atoms with Crippen LogP contribution in [-0.2, 0) is 4.79 Å². The third-order valence-corrected chi connectivity index (χ3v) is 5.79. The Morgan fingerprint density at radius 2 is 1.82 bits per heavy atom. The fourth-order valence-corrected chi connectivity index (χ4v) is 4.10. The minimum atomic E-state index is -1.52. The van der Waals surface area contributed by atoms with Gasteiger partial charge in [0.05, 0.1) is 18.5 Å². The van der Waals surface area contributed by atoms with Gasteiger partial charge in [0.25, 0.3) is 5.91 Å². The number of halogens is 3. The molecule has 1 aromatic carbocycles. The van der Waals surface area contributed by atoms with Crippen LogP contribution >= 0.6 is 0 Å². The Bertz CT molecular complexity index is 1080. The van der Waals surface area contributed by atoms with Crippen molar-refractivity contribution < 1.29 is 22.8 Å². The van der Waals surface area contributed by atoms with E-state index < -0.39 is 35.7 Å². The summed E-state index contributed by atoms with van der Waals surface area (Å²) in [7, 11) is 3.20. The summed E-state index contributed by atoms with van der Waals surface area (Å²) in [6.45, 7) is 0.236. The van der Waals surface area contributed by atoms with E-state index in [1.54, 1.807) is 19.0 Å². The fourth-order valence-electron chi connectivity index (χ4n) is 4.10. The van der Waals surface area contributed by atoms with Crippen LogP contribution < -0.4 is 4.90 Å². The number of carbonyl (C=O) groups is 2. The third kappa shape index (κ3) is 4.67. The Labute approximate surface area is 188 Å². The average Bonchev–Trinajstić information content (AvgIpc) is 3.27. The van der Waals surface area contributed by atoms with Gasteiger partial charge in [-0.3, -0.25) is 9.59 Å². The third-order valence-electron chi connectivity index (χ3n) is 5.79. The van der Waals surface area contributed by atoms with Crippen LogP contribution in [0.25, 0.3) is 0 Å². The summed E-state index contributed by atoms with van der Waals surface area (Å²) < 4.78 is 42.5. The smallest absolute Gasteiger partial charge is 0.272 e. The number of hydrazone groups is 1. The predicted octanol–water partition coefficient (Wildman–Crippen LogP) is 2.58. The van der Waals surface area contributed by atoms with Gasteiger partial charge in [0.2, 0.25) is 5.91 Å². The summed E-state index contributed by atoms with van der Waals surface area (Å²) in [5, 5.41) is 5.18. The maximum absolute atomic E-state index is 15.2. The molecule has 3 heterocycles. The van der Waals surface area contributed by atoms with Gasteiger partial charge in [0.1, 0.15) is 35.6 Å². The van der Waals surface area contributed by atoms with E-state index in [9.17, 15) is 18.4 Å². The van der Waals surface area contributed by atoms with E-state index in [1.807, 2.05) is 0 Å². The molecular formula is C22H23F3N6O2. The molecule has 1 saturated heterocycles. The van der Waals surface area contributed by atoms with Crippen molar-refractivity contribution in [3.8, 4) is 0 Å². The molecule has 0 radical (unpaired) electrons. The molecule has 2 aromatic rings. The van der Waals surface area contributed by atoms with Gasteiger partial charge >= 0.3 is 0 Å². The molecule has 0 spiro atoms. The van der Waals surface area contributed by atoms with Crippen LogP contribution in [0.5, 0.6) is 0 Å². The predicted molar refractivity (Wildman–Crippen MR) is 114 cm³/mol. The number of alkyl halides is 1. The van der Waals surface area contributed by atoms with Gasteiger partial charge < -0.3 is 9.80 Å². The van der Waals surface area contributed by atoms with Crippen LogP contribution in [0, 0.1) is 17.6 Å². The monoisotopic (exact) mass is 460 g/mol. The van der Waals surface area contributed by atoms with Crippen molar-refractivity contribution in [3.63, 3.8) is 0 Å². The Morgan fingerprint density at radius 3 is 2.48 bits per heavy atom. The van der Waals surface area contributed by atoms with E-state index in [4.69, 9.17) is 0 Å². The van der Waals surface area contributed by atoms with Crippen LogP contribution in [0.2, 0.25) is 0 Å². The molecular weight excluding hydrogens is 437 g/mol. The van der Waals surface area contributed by atoms with E-state index >= 15 is 4.39 Å². The number of aromatic nitrogens is 2. The number of piperidine rings is 1. The summed E-state index contributed by atoms with van der Waals surface area (Å²) in [5.74, 6) is -2.89. The molecule has 0 aliphatic carbocycles. The zero-order chi connectivity index (χ0) is 23.7. The standard InChI is InChI=1S/C22H23F3N6O2/c1-29(2)22(33)18-10-20(27-12-26-18)30-6-4-16(17(25)11-30)21(32)31-19(3-5-28-31)13-7-14(23)9-15(24)8-13/h5,7-10,12,16-17,19H,3-4,6,11H2,1-2H3/t16-,17+,19-/m0/s1. The largest absolute Gasteiger partial charge is 0.354 e. The zero-order valence-electron chi connectivity index (χ0n) is 18.2. The van der Waals surface area contributed by atoms with Crippen molar-refractivity contribution >= 4 is 23.8 Å². The van der Waals surface area contributed by atoms with E-state index in [0.717, 1.165) is 23.2 Å². The number of rotatable bonds is 4. The Morgan fingerprint density at radius 1 is 1.09 bits per heavy atom. The highest BCUT2D eigenvalue weighted by Crippen LogP contribution is 2.34. The van der Waals surface area contributed by atoms with Gasteiger partial charge in [0.15, 0.2) is 0 Å². The number of anilines is 1. The normalized spacial score (nSPS) is 22.5. The molecule has 0 saturated carbocycles. The molecule has 1 fully saturated rings. The number of hydrogen-bond acceptors (Lipinski definition) is 6. The Hall–Kier alpha value is -3.50. The number of carbonyl (C=O) groups excluding carboxylic acids is 2. The lowest BCUT2D eigenvalue weighted by molar-refractivity contribution is -0.140. The molecule has 3 atom stereocenters.